The molecular formula is C11H12BrClFNO3S. The first-order valence-corrected chi connectivity index (χ1v) is 8.34. The van der Waals surface area contributed by atoms with Crippen LogP contribution in [0.5, 0.6) is 0 Å². The maximum atomic E-state index is 13.8. The van der Waals surface area contributed by atoms with Crippen molar-refractivity contribution in [1.29, 1.82) is 0 Å². The molecule has 19 heavy (non-hydrogen) atoms. The predicted octanol–water partition coefficient (Wildman–Crippen LogP) is 2.22. The van der Waals surface area contributed by atoms with E-state index in [9.17, 15) is 12.8 Å². The van der Waals surface area contributed by atoms with Crippen LogP contribution >= 0.6 is 27.5 Å². The third kappa shape index (κ3) is 3.11. The lowest BCUT2D eigenvalue weighted by molar-refractivity contribution is 0.0403. The van der Waals surface area contributed by atoms with Gasteiger partial charge in [0, 0.05) is 16.9 Å². The van der Waals surface area contributed by atoms with Crippen LogP contribution in [0.1, 0.15) is 0 Å². The topological polar surface area (TPSA) is 46.6 Å². The first-order valence-electron chi connectivity index (χ1n) is 5.57. The lowest BCUT2D eigenvalue weighted by Crippen LogP contribution is -2.49. The molecule has 0 aliphatic carbocycles. The van der Waals surface area contributed by atoms with E-state index < -0.39 is 21.9 Å². The Morgan fingerprint density at radius 1 is 1.53 bits per heavy atom. The van der Waals surface area contributed by atoms with Crippen molar-refractivity contribution in [2.24, 2.45) is 0 Å². The normalized spacial score (nSPS) is 21.5. The smallest absolute Gasteiger partial charge is 0.246 e. The van der Waals surface area contributed by atoms with Gasteiger partial charge in [-0.1, -0.05) is 15.9 Å². The van der Waals surface area contributed by atoms with E-state index in [-0.39, 0.29) is 30.5 Å². The molecule has 106 valence electrons. The molecule has 0 N–H and O–H groups in total. The maximum absolute atomic E-state index is 13.8. The first-order chi connectivity index (χ1) is 8.96. The molecule has 0 amide bonds. The highest BCUT2D eigenvalue weighted by Crippen LogP contribution is 2.25. The monoisotopic (exact) mass is 371 g/mol. The minimum absolute atomic E-state index is 0.109. The van der Waals surface area contributed by atoms with Gasteiger partial charge < -0.3 is 4.74 Å². The van der Waals surface area contributed by atoms with Gasteiger partial charge in [-0.2, -0.15) is 4.31 Å². The third-order valence-corrected chi connectivity index (χ3v) is 5.67. The molecule has 4 nitrogen and oxygen atoms in total. The fraction of sp³-hybridized carbons (Fsp3) is 0.455. The van der Waals surface area contributed by atoms with Crippen LogP contribution in [-0.4, -0.2) is 44.4 Å². The minimum Gasteiger partial charge on any atom is -0.378 e. The summed E-state index contributed by atoms with van der Waals surface area (Å²) in [6, 6.07) is 3.40. The molecule has 1 unspecified atom stereocenters. The van der Waals surface area contributed by atoms with Crippen LogP contribution in [0.2, 0.25) is 0 Å². The Morgan fingerprint density at radius 3 is 2.89 bits per heavy atom. The Kier molecular flexibility index (Phi) is 4.84. The Morgan fingerprint density at radius 2 is 2.26 bits per heavy atom. The van der Waals surface area contributed by atoms with E-state index in [2.05, 4.69) is 15.9 Å². The number of halogens is 3. The van der Waals surface area contributed by atoms with Crippen molar-refractivity contribution in [2.45, 2.75) is 10.9 Å². The van der Waals surface area contributed by atoms with Crippen LogP contribution in [0.3, 0.4) is 0 Å². The van der Waals surface area contributed by atoms with Crippen molar-refractivity contribution in [3.8, 4) is 0 Å². The highest BCUT2D eigenvalue weighted by molar-refractivity contribution is 9.10. The number of alkyl halides is 1. The molecule has 0 saturated carbocycles. The molecule has 1 aliphatic rings. The molecular weight excluding hydrogens is 361 g/mol. The van der Waals surface area contributed by atoms with Gasteiger partial charge in [-0.3, -0.25) is 0 Å². The molecule has 2 rings (SSSR count). The summed E-state index contributed by atoms with van der Waals surface area (Å²) in [7, 11) is -3.90. The zero-order chi connectivity index (χ0) is 14.0. The van der Waals surface area contributed by atoms with E-state index in [0.29, 0.717) is 4.47 Å². The number of rotatable bonds is 3. The van der Waals surface area contributed by atoms with Crippen LogP contribution < -0.4 is 0 Å². The molecule has 0 aromatic heterocycles. The van der Waals surface area contributed by atoms with Crippen molar-refractivity contribution in [1.82, 2.24) is 4.31 Å². The number of benzene rings is 1. The molecule has 1 aliphatic heterocycles. The zero-order valence-corrected chi connectivity index (χ0v) is 13.0. The van der Waals surface area contributed by atoms with Gasteiger partial charge in [0.15, 0.2) is 0 Å². The Bertz CT molecular complexity index is 569. The molecule has 1 atom stereocenters. The average Bonchev–Trinajstić information content (AvgIpc) is 2.38. The van der Waals surface area contributed by atoms with Crippen LogP contribution in [-0.2, 0) is 14.8 Å². The average molecular weight is 373 g/mol. The molecule has 1 fully saturated rings. The molecule has 1 aromatic carbocycles. The second kappa shape index (κ2) is 6.05. The van der Waals surface area contributed by atoms with Crippen molar-refractivity contribution < 1.29 is 17.5 Å². The van der Waals surface area contributed by atoms with E-state index in [0.717, 1.165) is 6.07 Å². The maximum Gasteiger partial charge on any atom is 0.246 e. The summed E-state index contributed by atoms with van der Waals surface area (Å²) in [5.74, 6) is -0.675. The van der Waals surface area contributed by atoms with Gasteiger partial charge in [0.05, 0.1) is 19.3 Å². The molecule has 0 bridgehead atoms. The van der Waals surface area contributed by atoms with Gasteiger partial charge in [-0.15, -0.1) is 11.6 Å². The Labute approximate surface area is 124 Å². The molecule has 1 saturated heterocycles. The Hall–Kier alpha value is -0.210. The quantitative estimate of drug-likeness (QED) is 0.764. The van der Waals surface area contributed by atoms with E-state index in [1.54, 1.807) is 0 Å². The second-order valence-corrected chi connectivity index (χ2v) is 7.16. The summed E-state index contributed by atoms with van der Waals surface area (Å²) in [4.78, 5) is -0.340. The fourth-order valence-corrected chi connectivity index (χ4v) is 4.20. The van der Waals surface area contributed by atoms with E-state index >= 15 is 0 Å². The summed E-state index contributed by atoms with van der Waals surface area (Å²) < 4.78 is 45.6. The predicted molar refractivity (Wildman–Crippen MR) is 73.3 cm³/mol. The first kappa shape index (κ1) is 15.2. The van der Waals surface area contributed by atoms with Crippen molar-refractivity contribution in [2.75, 3.05) is 25.6 Å². The van der Waals surface area contributed by atoms with Crippen molar-refractivity contribution >= 4 is 37.6 Å². The van der Waals surface area contributed by atoms with Gasteiger partial charge in [-0.25, -0.2) is 12.8 Å². The number of nitrogens with zero attached hydrogens (tertiary/aromatic N) is 1. The molecule has 1 aromatic rings. The zero-order valence-electron chi connectivity index (χ0n) is 9.85. The lowest BCUT2D eigenvalue weighted by atomic mass is 10.3. The minimum atomic E-state index is -3.90. The summed E-state index contributed by atoms with van der Waals surface area (Å²) in [5.41, 5.74) is 0. The van der Waals surface area contributed by atoms with Crippen molar-refractivity contribution in [3.63, 3.8) is 0 Å². The SMILES string of the molecule is O=S(=O)(c1ccc(Br)cc1F)N1CCOCC1CCl. The van der Waals surface area contributed by atoms with Gasteiger partial charge in [0.1, 0.15) is 10.7 Å². The number of ether oxygens (including phenoxy) is 1. The summed E-state index contributed by atoms with van der Waals surface area (Å²) >= 11 is 8.84. The second-order valence-electron chi connectivity index (χ2n) is 4.07. The van der Waals surface area contributed by atoms with E-state index in [1.165, 1.54) is 16.4 Å². The standard InChI is InChI=1S/C11H12BrClFNO3S/c12-8-1-2-11(10(14)5-8)19(16,17)15-3-4-18-7-9(15)6-13/h1-2,5,9H,3-4,6-7H2. The van der Waals surface area contributed by atoms with Gasteiger partial charge >= 0.3 is 0 Å². The summed E-state index contributed by atoms with van der Waals surface area (Å²) in [5, 5.41) is 0. The van der Waals surface area contributed by atoms with Crippen LogP contribution in [0.15, 0.2) is 27.6 Å². The molecule has 0 radical (unpaired) electrons. The van der Waals surface area contributed by atoms with E-state index in [1.807, 2.05) is 0 Å². The van der Waals surface area contributed by atoms with Gasteiger partial charge in [0.25, 0.3) is 0 Å². The number of hydrogen-bond donors (Lipinski definition) is 0. The highest BCUT2D eigenvalue weighted by Gasteiger charge is 2.35. The van der Waals surface area contributed by atoms with E-state index in [4.69, 9.17) is 16.3 Å². The number of morpholine rings is 1. The van der Waals surface area contributed by atoms with Crippen LogP contribution in [0.25, 0.3) is 0 Å². The number of hydrogen-bond acceptors (Lipinski definition) is 3. The van der Waals surface area contributed by atoms with Crippen LogP contribution in [0, 0.1) is 5.82 Å². The van der Waals surface area contributed by atoms with Gasteiger partial charge in [0.2, 0.25) is 10.0 Å². The van der Waals surface area contributed by atoms with Gasteiger partial charge in [-0.05, 0) is 18.2 Å². The Balaban J connectivity index is 2.40. The molecule has 1 heterocycles. The van der Waals surface area contributed by atoms with Crippen LogP contribution in [0.4, 0.5) is 4.39 Å². The molecule has 8 heteroatoms. The largest absolute Gasteiger partial charge is 0.378 e. The fourth-order valence-electron chi connectivity index (χ4n) is 1.89. The molecule has 0 spiro atoms. The lowest BCUT2D eigenvalue weighted by Gasteiger charge is -2.33. The van der Waals surface area contributed by atoms with Crippen molar-refractivity contribution in [3.05, 3.63) is 28.5 Å². The summed E-state index contributed by atoms with van der Waals surface area (Å²) in [6.07, 6.45) is 0. The highest BCUT2D eigenvalue weighted by atomic mass is 79.9. The third-order valence-electron chi connectivity index (χ3n) is 2.83. The summed E-state index contributed by atoms with van der Waals surface area (Å²) in [6.45, 7) is 0.681. The number of sulfonamides is 1.